The van der Waals surface area contributed by atoms with Crippen molar-refractivity contribution in [1.82, 2.24) is 10.6 Å². The Balaban J connectivity index is 1.16. The number of nitrogens with one attached hydrogen (secondary N) is 3. The maximum atomic E-state index is 13.3. The quantitative estimate of drug-likeness (QED) is 0.226. The number of oxime groups is 1. The first-order valence-electron chi connectivity index (χ1n) is 13.1. The smallest absolute Gasteiger partial charge is 0.308 e. The summed E-state index contributed by atoms with van der Waals surface area (Å²) < 4.78 is 4.78. The highest BCUT2D eigenvalue weighted by Gasteiger charge is 2.49. The van der Waals surface area contributed by atoms with Gasteiger partial charge < -0.3 is 25.9 Å². The van der Waals surface area contributed by atoms with Crippen LogP contribution in [-0.2, 0) is 24.0 Å². The minimum absolute atomic E-state index is 0.00151. The van der Waals surface area contributed by atoms with Crippen molar-refractivity contribution in [2.75, 3.05) is 7.11 Å². The Kier molecular flexibility index (Phi) is 7.17. The average molecular weight is 510 g/mol. The first-order chi connectivity index (χ1) is 17.8. The van der Waals surface area contributed by atoms with Gasteiger partial charge in [0.05, 0.1) is 25.7 Å². The molecule has 4 bridgehead atoms. The molecule has 1 aromatic carbocycles. The monoisotopic (exact) mass is 509 g/mol. The molecular weight excluding hydrogens is 474 g/mol. The Morgan fingerprint density at radius 1 is 1.11 bits per heavy atom. The number of esters is 1. The molecule has 1 aliphatic heterocycles. The lowest BCUT2D eigenvalue weighted by atomic mass is 9.54. The summed E-state index contributed by atoms with van der Waals surface area (Å²) in [7, 11) is 1.27. The minimum atomic E-state index is -1.00. The van der Waals surface area contributed by atoms with E-state index in [4.69, 9.17) is 20.7 Å². The van der Waals surface area contributed by atoms with E-state index in [0.717, 1.165) is 43.1 Å². The molecule has 2 atom stereocenters. The Morgan fingerprint density at radius 2 is 1.76 bits per heavy atom. The molecule has 5 aliphatic rings. The van der Waals surface area contributed by atoms with E-state index in [1.54, 1.807) is 12.1 Å². The third kappa shape index (κ3) is 5.62. The van der Waals surface area contributed by atoms with E-state index in [0.29, 0.717) is 29.5 Å². The number of rotatable bonds is 9. The van der Waals surface area contributed by atoms with Crippen LogP contribution < -0.4 is 16.4 Å². The number of carbonyl (C=O) groups excluding carboxylic acids is 3. The van der Waals surface area contributed by atoms with Gasteiger partial charge in [0.1, 0.15) is 18.0 Å². The summed E-state index contributed by atoms with van der Waals surface area (Å²) in [6, 6.07) is 6.20. The number of methoxy groups -OCH3 is 1. The molecule has 1 aromatic rings. The average Bonchev–Trinajstić information content (AvgIpc) is 3.33. The number of nitrogens with two attached hydrogens (primary N) is 1. The molecular formula is C27H35N5O5. The summed E-state index contributed by atoms with van der Waals surface area (Å²) in [5.74, 6) is 1.26. The van der Waals surface area contributed by atoms with E-state index in [9.17, 15) is 14.4 Å². The molecule has 2 amide bonds. The molecule has 6 rings (SSSR count). The van der Waals surface area contributed by atoms with E-state index in [2.05, 4.69) is 15.8 Å². The fraction of sp³-hybridized carbons (Fsp3) is 0.593. The van der Waals surface area contributed by atoms with Gasteiger partial charge in [-0.3, -0.25) is 19.8 Å². The van der Waals surface area contributed by atoms with Crippen LogP contribution in [0, 0.1) is 29.1 Å². The van der Waals surface area contributed by atoms with Crippen LogP contribution in [0.25, 0.3) is 0 Å². The number of ether oxygens (including phenoxy) is 1. The predicted octanol–water partition coefficient (Wildman–Crippen LogP) is 1.84. The zero-order valence-corrected chi connectivity index (χ0v) is 21.1. The van der Waals surface area contributed by atoms with Gasteiger partial charge in [-0.1, -0.05) is 29.4 Å². The molecule has 0 radical (unpaired) electrons. The number of amidine groups is 1. The predicted molar refractivity (Wildman–Crippen MR) is 136 cm³/mol. The van der Waals surface area contributed by atoms with Gasteiger partial charge in [-0.05, 0) is 61.3 Å². The van der Waals surface area contributed by atoms with E-state index >= 15 is 0 Å². The van der Waals surface area contributed by atoms with E-state index in [1.165, 1.54) is 13.5 Å². The number of nitrogens with zero attached hydrogens (tertiary/aromatic N) is 1. The number of benzene rings is 1. The van der Waals surface area contributed by atoms with Crippen LogP contribution in [0.5, 0.6) is 0 Å². The highest BCUT2D eigenvalue weighted by Crippen LogP contribution is 2.53. The van der Waals surface area contributed by atoms with Crippen LogP contribution in [0.4, 0.5) is 0 Å². The first-order valence-corrected chi connectivity index (χ1v) is 13.1. The normalized spacial score (nSPS) is 30.1. The standard InChI is InChI=1S/C27H35N5O5/c1-36-24(34)13-22(27(35)31-25-18-7-14-6-15(9-18)10-19(25)8-14)30-23(33)12-20-11-21(32-37-20)16-2-4-17(5-3-16)26(28)29/h2-5,14-15,18-20,22,25H,6-13H2,1H3,(H3,28,29)(H,30,33)(H,31,35)/t14?,15?,18?,19?,20?,22-,25?/m0/s1. The van der Waals surface area contributed by atoms with Gasteiger partial charge in [0.25, 0.3) is 0 Å². The second-order valence-electron chi connectivity index (χ2n) is 11.0. The fourth-order valence-corrected chi connectivity index (χ4v) is 6.90. The maximum absolute atomic E-state index is 13.3. The largest absolute Gasteiger partial charge is 0.469 e. The number of carbonyl (C=O) groups is 3. The van der Waals surface area contributed by atoms with Gasteiger partial charge in [0.15, 0.2) is 0 Å². The summed E-state index contributed by atoms with van der Waals surface area (Å²) in [6.07, 6.45) is 5.68. The van der Waals surface area contributed by atoms with Gasteiger partial charge in [-0.2, -0.15) is 0 Å². The Labute approximate surface area is 216 Å². The molecule has 10 heteroatoms. The van der Waals surface area contributed by atoms with Crippen molar-refractivity contribution >= 4 is 29.3 Å². The summed E-state index contributed by atoms with van der Waals surface area (Å²) in [6.45, 7) is 0. The molecule has 1 unspecified atom stereocenters. The molecule has 37 heavy (non-hydrogen) atoms. The van der Waals surface area contributed by atoms with Crippen molar-refractivity contribution in [2.45, 2.75) is 69.6 Å². The van der Waals surface area contributed by atoms with Crippen molar-refractivity contribution in [3.05, 3.63) is 35.4 Å². The van der Waals surface area contributed by atoms with Gasteiger partial charge in [0, 0.05) is 18.0 Å². The third-order valence-electron chi connectivity index (χ3n) is 8.46. The number of nitrogen functional groups attached to an aromatic ring is 1. The van der Waals surface area contributed by atoms with Gasteiger partial charge in [0.2, 0.25) is 11.8 Å². The highest BCUT2D eigenvalue weighted by atomic mass is 16.6. The lowest BCUT2D eigenvalue weighted by molar-refractivity contribution is -0.144. The lowest BCUT2D eigenvalue weighted by Crippen LogP contribution is -2.59. The van der Waals surface area contributed by atoms with Crippen molar-refractivity contribution in [3.63, 3.8) is 0 Å². The van der Waals surface area contributed by atoms with Crippen molar-refractivity contribution in [2.24, 2.45) is 34.6 Å². The second-order valence-corrected chi connectivity index (χ2v) is 11.0. The van der Waals surface area contributed by atoms with E-state index in [1.807, 2.05) is 12.1 Å². The van der Waals surface area contributed by atoms with Crippen LogP contribution in [0.3, 0.4) is 0 Å². The van der Waals surface area contributed by atoms with Gasteiger partial charge in [-0.15, -0.1) is 0 Å². The topological polar surface area (TPSA) is 156 Å². The van der Waals surface area contributed by atoms with E-state index < -0.39 is 18.1 Å². The van der Waals surface area contributed by atoms with Gasteiger partial charge in [-0.25, -0.2) is 0 Å². The molecule has 10 nitrogen and oxygen atoms in total. The number of hydrogen-bond donors (Lipinski definition) is 4. The van der Waals surface area contributed by atoms with Crippen LogP contribution in [0.2, 0.25) is 0 Å². The van der Waals surface area contributed by atoms with Crippen molar-refractivity contribution in [3.8, 4) is 0 Å². The second kappa shape index (κ2) is 10.5. The Bertz CT molecular complexity index is 1070. The Morgan fingerprint density at radius 3 is 2.35 bits per heavy atom. The fourth-order valence-electron chi connectivity index (χ4n) is 6.90. The first kappa shape index (κ1) is 25.2. The molecule has 198 valence electrons. The zero-order chi connectivity index (χ0) is 26.1. The van der Waals surface area contributed by atoms with E-state index in [-0.39, 0.29) is 36.5 Å². The van der Waals surface area contributed by atoms with Crippen LogP contribution in [-0.4, -0.2) is 54.6 Å². The summed E-state index contributed by atoms with van der Waals surface area (Å²) in [5.41, 5.74) is 7.64. The molecule has 5 N–H and O–H groups in total. The maximum Gasteiger partial charge on any atom is 0.308 e. The number of amides is 2. The molecule has 4 saturated carbocycles. The number of hydrogen-bond acceptors (Lipinski definition) is 7. The van der Waals surface area contributed by atoms with Crippen molar-refractivity contribution < 1.29 is 24.0 Å². The summed E-state index contributed by atoms with van der Waals surface area (Å²) >= 11 is 0. The van der Waals surface area contributed by atoms with Gasteiger partial charge >= 0.3 is 5.97 Å². The van der Waals surface area contributed by atoms with Crippen LogP contribution >= 0.6 is 0 Å². The lowest BCUT2D eigenvalue weighted by Gasteiger charge is -2.54. The summed E-state index contributed by atoms with van der Waals surface area (Å²) in [5, 5.41) is 17.5. The van der Waals surface area contributed by atoms with Crippen molar-refractivity contribution in [1.29, 1.82) is 5.41 Å². The SMILES string of the molecule is COC(=O)C[C@H](NC(=O)CC1CC(c2ccc(C(=N)N)cc2)=NO1)C(=O)NC1C2CC3CC(C2)CC1C3. The minimum Gasteiger partial charge on any atom is -0.469 e. The van der Waals surface area contributed by atoms with Crippen LogP contribution in [0.15, 0.2) is 29.4 Å². The van der Waals surface area contributed by atoms with Crippen LogP contribution in [0.1, 0.15) is 62.5 Å². The molecule has 1 heterocycles. The zero-order valence-electron chi connectivity index (χ0n) is 21.1. The molecule has 0 aromatic heterocycles. The molecule has 4 fully saturated rings. The molecule has 4 aliphatic carbocycles. The molecule has 0 saturated heterocycles. The molecule has 0 spiro atoms. The summed E-state index contributed by atoms with van der Waals surface area (Å²) in [4.78, 5) is 43.6. The Hall–Kier alpha value is -3.43. The highest BCUT2D eigenvalue weighted by molar-refractivity contribution is 6.03. The third-order valence-corrected chi connectivity index (χ3v) is 8.46.